The second-order valence-electron chi connectivity index (χ2n) is 7.57. The van der Waals surface area contributed by atoms with Crippen molar-refractivity contribution in [1.29, 1.82) is 0 Å². The van der Waals surface area contributed by atoms with Crippen LogP contribution in [-0.2, 0) is 14.9 Å². The summed E-state index contributed by atoms with van der Waals surface area (Å²) < 4.78 is 19.4. The zero-order valence-corrected chi connectivity index (χ0v) is 17.5. The summed E-state index contributed by atoms with van der Waals surface area (Å²) in [5.74, 6) is -0.471. The average Bonchev–Trinajstić information content (AvgIpc) is 2.77. The van der Waals surface area contributed by atoms with E-state index in [1.54, 1.807) is 6.07 Å². The molecule has 1 amide bonds. The molecule has 1 atom stereocenters. The molecule has 4 rings (SSSR count). The molecule has 3 N–H and O–H groups in total. The number of fused-ring (bicyclic) bond motifs is 1. The fraction of sp³-hybridized carbons (Fsp3) is 0.292. The number of amides is 1. The predicted molar refractivity (Wildman–Crippen MR) is 119 cm³/mol. The van der Waals surface area contributed by atoms with E-state index in [1.807, 2.05) is 36.4 Å². The van der Waals surface area contributed by atoms with Crippen molar-refractivity contribution in [1.82, 2.24) is 5.32 Å². The summed E-state index contributed by atoms with van der Waals surface area (Å²) in [4.78, 5) is 13.5. The quantitative estimate of drug-likeness (QED) is 0.638. The van der Waals surface area contributed by atoms with E-state index >= 15 is 0 Å². The number of nitrogens with two attached hydrogens (primary N) is 1. The van der Waals surface area contributed by atoms with Crippen LogP contribution in [0.1, 0.15) is 30.0 Å². The van der Waals surface area contributed by atoms with Crippen LogP contribution in [0.25, 0.3) is 10.8 Å². The summed E-state index contributed by atoms with van der Waals surface area (Å²) in [6.07, 6.45) is 1.02. The molecule has 158 valence electrons. The smallest absolute Gasteiger partial charge is 0.231 e. The highest BCUT2D eigenvalue weighted by Crippen LogP contribution is 2.36. The number of hydrogen-bond donors (Lipinski definition) is 2. The van der Waals surface area contributed by atoms with Gasteiger partial charge in [0.25, 0.3) is 0 Å². The first kappa shape index (κ1) is 22.2. The number of carbonyl (C=O) groups excluding carboxylic acids is 1. The molecule has 4 nitrogen and oxygen atoms in total. The minimum Gasteiger partial charge on any atom is -0.381 e. The van der Waals surface area contributed by atoms with Crippen molar-refractivity contribution in [2.75, 3.05) is 19.8 Å². The average molecular weight is 429 g/mol. The Morgan fingerprint density at radius 3 is 2.47 bits per heavy atom. The van der Waals surface area contributed by atoms with Gasteiger partial charge in [-0.1, -0.05) is 48.5 Å². The van der Waals surface area contributed by atoms with Crippen molar-refractivity contribution in [2.24, 2.45) is 5.73 Å². The third kappa shape index (κ3) is 4.33. The van der Waals surface area contributed by atoms with E-state index in [9.17, 15) is 9.18 Å². The minimum atomic E-state index is -0.815. The standard InChI is InChI=1S/C24H25FN2O2.ClH/c25-21-7-3-6-20(15-21)24(10-12-29-13-11-24)23(28)27-22(16-26)19-9-8-17-4-1-2-5-18(17)14-19;/h1-9,14-15,22H,10-13,16,26H2,(H,27,28);1H. The fourth-order valence-electron chi connectivity index (χ4n) is 4.15. The third-order valence-electron chi connectivity index (χ3n) is 5.88. The van der Waals surface area contributed by atoms with Crippen molar-refractivity contribution in [2.45, 2.75) is 24.3 Å². The lowest BCUT2D eigenvalue weighted by molar-refractivity contribution is -0.131. The van der Waals surface area contributed by atoms with Crippen molar-refractivity contribution < 1.29 is 13.9 Å². The number of nitrogens with one attached hydrogen (secondary N) is 1. The van der Waals surface area contributed by atoms with Crippen molar-refractivity contribution >= 4 is 29.1 Å². The van der Waals surface area contributed by atoms with Gasteiger partial charge in [0.05, 0.1) is 11.5 Å². The summed E-state index contributed by atoms with van der Waals surface area (Å²) >= 11 is 0. The van der Waals surface area contributed by atoms with Gasteiger partial charge in [-0.25, -0.2) is 4.39 Å². The molecule has 0 saturated carbocycles. The molecule has 6 heteroatoms. The summed E-state index contributed by atoms with van der Waals surface area (Å²) in [5, 5.41) is 5.37. The maximum atomic E-state index is 13.9. The molecule has 1 heterocycles. The maximum Gasteiger partial charge on any atom is 0.231 e. The van der Waals surface area contributed by atoms with Gasteiger partial charge in [0.2, 0.25) is 5.91 Å². The van der Waals surface area contributed by atoms with Gasteiger partial charge in [-0.2, -0.15) is 0 Å². The van der Waals surface area contributed by atoms with Crippen molar-refractivity contribution in [3.63, 3.8) is 0 Å². The van der Waals surface area contributed by atoms with Crippen LogP contribution in [0.2, 0.25) is 0 Å². The molecule has 1 saturated heterocycles. The van der Waals surface area contributed by atoms with Crippen LogP contribution < -0.4 is 11.1 Å². The lowest BCUT2D eigenvalue weighted by Crippen LogP contribution is -2.50. The molecule has 1 aliphatic rings. The van der Waals surface area contributed by atoms with Crippen LogP contribution in [0.5, 0.6) is 0 Å². The van der Waals surface area contributed by atoms with Gasteiger partial charge >= 0.3 is 0 Å². The van der Waals surface area contributed by atoms with Crippen LogP contribution >= 0.6 is 12.4 Å². The van der Waals surface area contributed by atoms with Gasteiger partial charge in [-0.15, -0.1) is 12.4 Å². The van der Waals surface area contributed by atoms with E-state index in [1.165, 1.54) is 12.1 Å². The summed E-state index contributed by atoms with van der Waals surface area (Å²) in [5.41, 5.74) is 6.87. The van der Waals surface area contributed by atoms with E-state index in [4.69, 9.17) is 10.5 Å². The van der Waals surface area contributed by atoms with Crippen LogP contribution in [0.15, 0.2) is 66.7 Å². The topological polar surface area (TPSA) is 64.3 Å². The van der Waals surface area contributed by atoms with Crippen LogP contribution in [0, 0.1) is 5.82 Å². The fourth-order valence-corrected chi connectivity index (χ4v) is 4.15. The Hall–Kier alpha value is -2.47. The Bertz CT molecular complexity index is 1020. The van der Waals surface area contributed by atoms with Crippen LogP contribution in [-0.4, -0.2) is 25.7 Å². The monoisotopic (exact) mass is 428 g/mol. The normalized spacial score (nSPS) is 16.5. The highest BCUT2D eigenvalue weighted by molar-refractivity contribution is 5.89. The second kappa shape index (κ2) is 9.56. The molecular formula is C24H26ClFN2O2. The molecule has 0 aliphatic carbocycles. The molecule has 1 aliphatic heterocycles. The SMILES string of the molecule is Cl.NCC(NC(=O)C1(c2cccc(F)c2)CCOCC1)c1ccc2ccccc2c1. The number of ether oxygens (including phenoxy) is 1. The summed E-state index contributed by atoms with van der Waals surface area (Å²) in [6.45, 7) is 1.21. The van der Waals surface area contributed by atoms with Gasteiger partial charge < -0.3 is 15.8 Å². The Morgan fingerprint density at radius 1 is 1.03 bits per heavy atom. The molecule has 1 unspecified atom stereocenters. The molecular weight excluding hydrogens is 403 g/mol. The molecule has 0 bridgehead atoms. The van der Waals surface area contributed by atoms with E-state index < -0.39 is 5.41 Å². The van der Waals surface area contributed by atoms with Gasteiger partial charge in [-0.3, -0.25) is 4.79 Å². The number of benzene rings is 3. The minimum absolute atomic E-state index is 0. The molecule has 0 spiro atoms. The summed E-state index contributed by atoms with van der Waals surface area (Å²) in [6, 6.07) is 20.2. The van der Waals surface area contributed by atoms with Gasteiger partial charge in [0.1, 0.15) is 5.82 Å². The Kier molecular flexibility index (Phi) is 7.08. The number of halogens is 2. The maximum absolute atomic E-state index is 13.9. The predicted octanol–water partition coefficient (Wildman–Crippen LogP) is 4.27. The third-order valence-corrected chi connectivity index (χ3v) is 5.88. The Morgan fingerprint density at radius 2 is 1.77 bits per heavy atom. The van der Waals surface area contributed by atoms with Crippen LogP contribution in [0.4, 0.5) is 4.39 Å². The largest absolute Gasteiger partial charge is 0.381 e. The highest BCUT2D eigenvalue weighted by atomic mass is 35.5. The molecule has 3 aromatic carbocycles. The molecule has 30 heavy (non-hydrogen) atoms. The second-order valence-corrected chi connectivity index (χ2v) is 7.57. The summed E-state index contributed by atoms with van der Waals surface area (Å²) in [7, 11) is 0. The lowest BCUT2D eigenvalue weighted by Gasteiger charge is -2.37. The highest BCUT2D eigenvalue weighted by Gasteiger charge is 2.42. The first-order valence-electron chi connectivity index (χ1n) is 9.96. The zero-order valence-electron chi connectivity index (χ0n) is 16.6. The van der Waals surface area contributed by atoms with Crippen LogP contribution in [0.3, 0.4) is 0 Å². The van der Waals surface area contributed by atoms with Gasteiger partial charge in [-0.05, 0) is 52.9 Å². The lowest BCUT2D eigenvalue weighted by atomic mass is 9.73. The molecule has 1 fully saturated rings. The van der Waals surface area contributed by atoms with E-state index in [0.717, 1.165) is 16.3 Å². The van der Waals surface area contributed by atoms with E-state index in [0.29, 0.717) is 31.6 Å². The first-order chi connectivity index (χ1) is 14.1. The molecule has 3 aromatic rings. The van der Waals surface area contributed by atoms with E-state index in [2.05, 4.69) is 17.4 Å². The van der Waals surface area contributed by atoms with Crippen molar-refractivity contribution in [3.05, 3.63) is 83.7 Å². The Labute approximate surface area is 182 Å². The number of rotatable bonds is 5. The number of hydrogen-bond acceptors (Lipinski definition) is 3. The zero-order chi connectivity index (χ0) is 20.3. The molecule has 0 radical (unpaired) electrons. The number of carbonyl (C=O) groups is 1. The van der Waals surface area contributed by atoms with Gasteiger partial charge in [0, 0.05) is 19.8 Å². The Balaban J connectivity index is 0.00000256. The first-order valence-corrected chi connectivity index (χ1v) is 9.96. The van der Waals surface area contributed by atoms with E-state index in [-0.39, 0.29) is 36.7 Å². The van der Waals surface area contributed by atoms with Crippen molar-refractivity contribution in [3.8, 4) is 0 Å². The molecule has 0 aromatic heterocycles. The van der Waals surface area contributed by atoms with Gasteiger partial charge in [0.15, 0.2) is 0 Å².